The Hall–Kier alpha value is -2.94. The Bertz CT molecular complexity index is 1270. The van der Waals surface area contributed by atoms with Gasteiger partial charge in [0, 0.05) is 34.2 Å². The van der Waals surface area contributed by atoms with E-state index in [1.54, 1.807) is 6.07 Å². The number of thioether (sulfide) groups is 1. The van der Waals surface area contributed by atoms with Crippen LogP contribution in [-0.4, -0.2) is 19.7 Å². The summed E-state index contributed by atoms with van der Waals surface area (Å²) in [6.07, 6.45) is 1.81. The summed E-state index contributed by atoms with van der Waals surface area (Å²) >= 11 is 12.6. The number of benzene rings is 2. The summed E-state index contributed by atoms with van der Waals surface area (Å²) in [6.45, 7) is 3.97. The number of carbonyl (C=O) groups is 1. The Morgan fingerprint density at radius 3 is 2.48 bits per heavy atom. The SMILES string of the molecule is Cc1cc(/C=C2/SC(=S)N(c3cccc([N+](=O)[O-])c3)C2=O)c(C)n1-c1ccc(Cl)cc1. The average Bonchev–Trinajstić information content (AvgIpc) is 3.17. The molecular weight excluding hydrogens is 454 g/mol. The highest BCUT2D eigenvalue weighted by Crippen LogP contribution is 2.37. The van der Waals surface area contributed by atoms with E-state index in [1.165, 1.54) is 34.9 Å². The molecule has 0 unspecified atom stereocenters. The van der Waals surface area contributed by atoms with Crippen LogP contribution in [0, 0.1) is 24.0 Å². The fourth-order valence-corrected chi connectivity index (χ4v) is 4.91. The van der Waals surface area contributed by atoms with Crippen molar-refractivity contribution in [3.63, 3.8) is 0 Å². The van der Waals surface area contributed by atoms with E-state index >= 15 is 0 Å². The second kappa shape index (κ2) is 8.30. The van der Waals surface area contributed by atoms with Gasteiger partial charge in [0.15, 0.2) is 4.32 Å². The van der Waals surface area contributed by atoms with Crippen molar-refractivity contribution in [2.24, 2.45) is 0 Å². The van der Waals surface area contributed by atoms with Crippen molar-refractivity contribution < 1.29 is 9.72 Å². The first-order chi connectivity index (χ1) is 14.8. The first-order valence-corrected chi connectivity index (χ1v) is 10.8. The first kappa shape index (κ1) is 21.3. The maximum atomic E-state index is 13.1. The van der Waals surface area contributed by atoms with E-state index < -0.39 is 4.92 Å². The van der Waals surface area contributed by atoms with Crippen molar-refractivity contribution in [1.29, 1.82) is 0 Å². The maximum Gasteiger partial charge on any atom is 0.271 e. The quantitative estimate of drug-likeness (QED) is 0.201. The van der Waals surface area contributed by atoms with Crippen molar-refractivity contribution in [1.82, 2.24) is 4.57 Å². The van der Waals surface area contributed by atoms with Crippen LogP contribution in [0.25, 0.3) is 11.8 Å². The number of thiocarbonyl (C=S) groups is 1. The van der Waals surface area contributed by atoms with Crippen LogP contribution in [0.5, 0.6) is 0 Å². The Morgan fingerprint density at radius 2 is 1.81 bits per heavy atom. The van der Waals surface area contributed by atoms with Gasteiger partial charge >= 0.3 is 0 Å². The predicted octanol–water partition coefficient (Wildman–Crippen LogP) is 6.06. The zero-order valence-corrected chi connectivity index (χ0v) is 18.9. The molecular formula is C22H16ClN3O3S2. The minimum Gasteiger partial charge on any atom is -0.318 e. The van der Waals surface area contributed by atoms with Crippen LogP contribution >= 0.6 is 35.6 Å². The highest BCUT2D eigenvalue weighted by molar-refractivity contribution is 8.27. The summed E-state index contributed by atoms with van der Waals surface area (Å²) in [5, 5.41) is 11.8. The number of hydrogen-bond acceptors (Lipinski definition) is 5. The fraction of sp³-hybridized carbons (Fsp3) is 0.0909. The molecule has 4 rings (SSSR count). The van der Waals surface area contributed by atoms with Crippen LogP contribution in [0.15, 0.2) is 59.5 Å². The van der Waals surface area contributed by atoms with E-state index in [2.05, 4.69) is 4.57 Å². The van der Waals surface area contributed by atoms with Gasteiger partial charge < -0.3 is 4.57 Å². The molecule has 0 N–H and O–H groups in total. The Balaban J connectivity index is 1.69. The summed E-state index contributed by atoms with van der Waals surface area (Å²) in [7, 11) is 0. The normalized spacial score (nSPS) is 15.2. The number of aryl methyl sites for hydroxylation is 1. The van der Waals surface area contributed by atoms with E-state index in [-0.39, 0.29) is 11.6 Å². The van der Waals surface area contributed by atoms with Crippen molar-refractivity contribution >= 4 is 63.3 Å². The third kappa shape index (κ3) is 4.01. The zero-order chi connectivity index (χ0) is 22.3. The van der Waals surface area contributed by atoms with Crippen LogP contribution in [0.1, 0.15) is 17.0 Å². The molecule has 2 aromatic carbocycles. The molecule has 1 fully saturated rings. The molecule has 6 nitrogen and oxygen atoms in total. The molecule has 9 heteroatoms. The van der Waals surface area contributed by atoms with Gasteiger partial charge in [-0.05, 0) is 61.9 Å². The highest BCUT2D eigenvalue weighted by atomic mass is 35.5. The number of nitrogens with zero attached hydrogens (tertiary/aromatic N) is 3. The molecule has 1 aliphatic rings. The van der Waals surface area contributed by atoms with Crippen molar-refractivity contribution in [2.75, 3.05) is 4.90 Å². The van der Waals surface area contributed by atoms with E-state index in [9.17, 15) is 14.9 Å². The number of halogens is 1. The van der Waals surface area contributed by atoms with Gasteiger partial charge in [0.1, 0.15) is 0 Å². The lowest BCUT2D eigenvalue weighted by atomic mass is 10.2. The molecule has 0 atom stereocenters. The van der Waals surface area contributed by atoms with E-state index in [0.29, 0.717) is 19.9 Å². The zero-order valence-electron chi connectivity index (χ0n) is 16.5. The van der Waals surface area contributed by atoms with Gasteiger partial charge in [-0.25, -0.2) is 0 Å². The van der Waals surface area contributed by atoms with E-state index in [4.69, 9.17) is 23.8 Å². The minimum atomic E-state index is -0.497. The second-order valence-electron chi connectivity index (χ2n) is 6.93. The standard InChI is InChI=1S/C22H16ClN3O3S2/c1-13-10-15(14(2)24(13)17-8-6-16(23)7-9-17)11-20-21(27)25(22(30)31-20)18-4-3-5-19(12-18)26(28)29/h3-12H,1-2H3/b20-11+. The molecule has 1 amide bonds. The topological polar surface area (TPSA) is 68.4 Å². The van der Waals surface area contributed by atoms with Crippen LogP contribution in [0.2, 0.25) is 5.02 Å². The largest absolute Gasteiger partial charge is 0.318 e. The molecule has 0 bridgehead atoms. The molecule has 156 valence electrons. The number of amides is 1. The smallest absolute Gasteiger partial charge is 0.271 e. The Kier molecular flexibility index (Phi) is 5.70. The lowest BCUT2D eigenvalue weighted by Gasteiger charge is -2.13. The number of carbonyl (C=O) groups excluding carboxylic acids is 1. The number of nitro groups is 1. The molecule has 0 spiro atoms. The maximum absolute atomic E-state index is 13.1. The molecule has 31 heavy (non-hydrogen) atoms. The van der Waals surface area contributed by atoms with Crippen molar-refractivity contribution in [2.45, 2.75) is 13.8 Å². The lowest BCUT2D eigenvalue weighted by Crippen LogP contribution is -2.27. The third-order valence-corrected chi connectivity index (χ3v) is 6.49. The van der Waals surface area contributed by atoms with Crippen molar-refractivity contribution in [3.8, 4) is 5.69 Å². The number of nitro benzene ring substituents is 1. The molecule has 3 aromatic rings. The van der Waals surface area contributed by atoms with Crippen LogP contribution in [0.3, 0.4) is 0 Å². The number of rotatable bonds is 4. The van der Waals surface area contributed by atoms with Gasteiger partial charge in [0.2, 0.25) is 0 Å². The molecule has 1 aromatic heterocycles. The first-order valence-electron chi connectivity index (χ1n) is 9.23. The minimum absolute atomic E-state index is 0.0953. The summed E-state index contributed by atoms with van der Waals surface area (Å²) in [5.41, 5.74) is 4.14. The summed E-state index contributed by atoms with van der Waals surface area (Å²) in [6, 6.07) is 15.4. The second-order valence-corrected chi connectivity index (χ2v) is 9.04. The predicted molar refractivity (Wildman–Crippen MR) is 129 cm³/mol. The Labute approximate surface area is 193 Å². The Morgan fingerprint density at radius 1 is 1.10 bits per heavy atom. The van der Waals surface area contributed by atoms with Gasteiger partial charge in [0.25, 0.3) is 11.6 Å². The highest BCUT2D eigenvalue weighted by Gasteiger charge is 2.34. The van der Waals surface area contributed by atoms with Crippen molar-refractivity contribution in [3.05, 3.63) is 91.6 Å². The van der Waals surface area contributed by atoms with Crippen LogP contribution < -0.4 is 4.90 Å². The monoisotopic (exact) mass is 469 g/mol. The number of hydrogen-bond donors (Lipinski definition) is 0. The van der Waals surface area contributed by atoms with Gasteiger partial charge in [-0.15, -0.1) is 0 Å². The third-order valence-electron chi connectivity index (χ3n) is 4.93. The number of aromatic nitrogens is 1. The molecule has 0 saturated carbocycles. The van der Waals surface area contributed by atoms with E-state index in [1.807, 2.05) is 50.3 Å². The van der Waals surface area contributed by atoms with Crippen LogP contribution in [0.4, 0.5) is 11.4 Å². The fourth-order valence-electron chi connectivity index (χ4n) is 3.50. The van der Waals surface area contributed by atoms with E-state index in [0.717, 1.165) is 22.6 Å². The molecule has 0 radical (unpaired) electrons. The number of non-ortho nitro benzene ring substituents is 1. The summed E-state index contributed by atoms with van der Waals surface area (Å²) < 4.78 is 2.42. The molecule has 1 saturated heterocycles. The molecule has 0 aliphatic carbocycles. The lowest BCUT2D eigenvalue weighted by molar-refractivity contribution is -0.384. The number of anilines is 1. The summed E-state index contributed by atoms with van der Waals surface area (Å²) in [4.78, 5) is 25.5. The van der Waals surface area contributed by atoms with Gasteiger partial charge in [-0.3, -0.25) is 19.8 Å². The van der Waals surface area contributed by atoms with Gasteiger partial charge in [-0.1, -0.05) is 41.6 Å². The molecule has 1 aliphatic heterocycles. The van der Waals surface area contributed by atoms with Gasteiger partial charge in [-0.2, -0.15) is 0 Å². The average molecular weight is 470 g/mol. The summed E-state index contributed by atoms with van der Waals surface area (Å²) in [5.74, 6) is -0.299. The van der Waals surface area contributed by atoms with Gasteiger partial charge in [0.05, 0.1) is 15.5 Å². The molecule has 2 heterocycles. The van der Waals surface area contributed by atoms with Crippen LogP contribution in [-0.2, 0) is 4.79 Å².